The van der Waals surface area contributed by atoms with E-state index in [2.05, 4.69) is 0 Å². The van der Waals surface area contributed by atoms with Crippen molar-refractivity contribution in [3.05, 3.63) is 70.3 Å². The van der Waals surface area contributed by atoms with Crippen LogP contribution in [0.2, 0.25) is 0 Å². The van der Waals surface area contributed by atoms with E-state index in [9.17, 15) is 32.5 Å². The summed E-state index contributed by atoms with van der Waals surface area (Å²) >= 11 is 0. The second kappa shape index (κ2) is 8.24. The van der Waals surface area contributed by atoms with Gasteiger partial charge in [-0.25, -0.2) is 8.78 Å². The molecule has 0 fully saturated rings. The predicted octanol–water partition coefficient (Wildman–Crippen LogP) is 7.37. The molecule has 0 aliphatic rings. The van der Waals surface area contributed by atoms with Crippen LogP contribution in [0, 0.1) is 22.7 Å². The average Bonchev–Trinajstić information content (AvgIpc) is 2.69. The number of benzene rings is 3. The van der Waals surface area contributed by atoms with E-state index in [1.165, 1.54) is 12.1 Å². The van der Waals surface area contributed by atoms with Crippen molar-refractivity contribution in [3.63, 3.8) is 0 Å². The predicted molar refractivity (Wildman–Crippen MR) is 112 cm³/mol. The fraction of sp³-hybridized carbons (Fsp3) is 0.280. The lowest BCUT2D eigenvalue weighted by Gasteiger charge is -2.21. The van der Waals surface area contributed by atoms with Crippen molar-refractivity contribution < 1.29 is 22.0 Å². The number of hydrogen-bond acceptors (Lipinski definition) is 2. The van der Waals surface area contributed by atoms with Crippen LogP contribution in [0.4, 0.5) is 22.0 Å². The molecular weight excluding hydrogens is 423 g/mol. The first-order valence-electron chi connectivity index (χ1n) is 9.76. The molecule has 0 aliphatic carbocycles. The monoisotopic (exact) mass is 442 g/mol. The van der Waals surface area contributed by atoms with E-state index in [4.69, 9.17) is 0 Å². The summed E-state index contributed by atoms with van der Waals surface area (Å²) in [4.78, 5) is 0. The molecule has 3 rings (SSSR count). The van der Waals surface area contributed by atoms with E-state index in [1.807, 2.05) is 45.0 Å². The second-order valence-electron chi connectivity index (χ2n) is 8.60. The quantitative estimate of drug-likeness (QED) is 0.398. The summed E-state index contributed by atoms with van der Waals surface area (Å²) < 4.78 is 66.5. The summed E-state index contributed by atoms with van der Waals surface area (Å²) in [5, 5.41) is 20.4. The topological polar surface area (TPSA) is 47.6 Å². The molecule has 0 heterocycles. The molecule has 0 unspecified atom stereocenters. The second-order valence-corrected chi connectivity index (χ2v) is 8.60. The Morgan fingerprint density at radius 1 is 0.875 bits per heavy atom. The van der Waals surface area contributed by atoms with Crippen molar-refractivity contribution in [2.24, 2.45) is 0 Å². The van der Waals surface area contributed by atoms with Crippen LogP contribution in [0.1, 0.15) is 48.6 Å². The third kappa shape index (κ3) is 4.57. The molecule has 7 heteroatoms. The number of nitriles is 2. The van der Waals surface area contributed by atoms with E-state index in [1.54, 1.807) is 6.07 Å². The van der Waals surface area contributed by atoms with Gasteiger partial charge in [0.25, 0.3) is 0 Å². The summed E-state index contributed by atoms with van der Waals surface area (Å²) in [6.07, 6.45) is -8.46. The summed E-state index contributed by atoms with van der Waals surface area (Å²) in [7, 11) is 0. The first-order chi connectivity index (χ1) is 14.8. The first-order valence-corrected chi connectivity index (χ1v) is 9.76. The van der Waals surface area contributed by atoms with Gasteiger partial charge in [0.2, 0.25) is 6.43 Å². The normalized spacial score (nSPS) is 12.1. The van der Waals surface area contributed by atoms with Crippen LogP contribution in [0.25, 0.3) is 21.9 Å². The van der Waals surface area contributed by atoms with Crippen LogP contribution >= 0.6 is 0 Å². The fourth-order valence-electron chi connectivity index (χ4n) is 3.67. The summed E-state index contributed by atoms with van der Waals surface area (Å²) in [6.45, 7) is 5.98. The van der Waals surface area contributed by atoms with Crippen LogP contribution in [-0.4, -0.2) is 6.43 Å². The fourth-order valence-corrected chi connectivity index (χ4v) is 3.67. The van der Waals surface area contributed by atoms with Crippen LogP contribution in [0.15, 0.2) is 42.5 Å². The summed E-state index contributed by atoms with van der Waals surface area (Å²) in [5.74, 6) is 0. The molecular formula is C25H19F5N2. The molecule has 0 spiro atoms. The Morgan fingerprint density at radius 3 is 2.09 bits per heavy atom. The maximum Gasteiger partial charge on any atom is 0.416 e. The number of hydrogen-bond donors (Lipinski definition) is 0. The van der Waals surface area contributed by atoms with Crippen LogP contribution in [0.3, 0.4) is 0 Å². The molecule has 0 atom stereocenters. The standard InChI is InChI=1S/C25H19F5N2/c1-24(2,3)18-4-5-20-15(10-18)9-17(12-31)21(13-32)23(20)16-6-14(8-22(26)27)7-19(11-16)25(28,29)30/h4-7,9-11,22H,8H2,1-3H3. The number of halogens is 5. The SMILES string of the molecule is CC(C)(C)c1ccc2c(-c3cc(CC(F)F)cc(C(F)(F)F)c3)c(C#N)c(C#N)cc2c1. The minimum atomic E-state index is -4.76. The van der Waals surface area contributed by atoms with E-state index in [-0.39, 0.29) is 33.2 Å². The molecule has 2 nitrogen and oxygen atoms in total. The van der Waals surface area contributed by atoms with Gasteiger partial charge in [-0.2, -0.15) is 23.7 Å². The van der Waals surface area contributed by atoms with Crippen molar-refractivity contribution >= 4 is 10.8 Å². The van der Waals surface area contributed by atoms with E-state index >= 15 is 0 Å². The summed E-state index contributed by atoms with van der Waals surface area (Å²) in [5.41, 5.74) is -0.560. The van der Waals surface area contributed by atoms with Crippen LogP contribution in [-0.2, 0) is 18.0 Å². The van der Waals surface area contributed by atoms with Crippen molar-refractivity contribution in [1.29, 1.82) is 10.5 Å². The lowest BCUT2D eigenvalue weighted by molar-refractivity contribution is -0.137. The smallest absolute Gasteiger partial charge is 0.210 e. The molecule has 0 aromatic heterocycles. The zero-order chi connectivity index (χ0) is 23.8. The minimum absolute atomic E-state index is 0.00822. The van der Waals surface area contributed by atoms with Crippen molar-refractivity contribution in [2.45, 2.75) is 45.2 Å². The van der Waals surface area contributed by atoms with Crippen molar-refractivity contribution in [2.75, 3.05) is 0 Å². The highest BCUT2D eigenvalue weighted by Gasteiger charge is 2.32. The Hall–Kier alpha value is -3.45. The molecule has 0 saturated heterocycles. The van der Waals surface area contributed by atoms with E-state index in [0.29, 0.717) is 16.8 Å². The maximum atomic E-state index is 13.5. The number of alkyl halides is 5. The zero-order valence-electron chi connectivity index (χ0n) is 17.6. The van der Waals surface area contributed by atoms with Crippen molar-refractivity contribution in [1.82, 2.24) is 0 Å². The molecule has 164 valence electrons. The molecule has 0 aliphatic heterocycles. The van der Waals surface area contributed by atoms with Gasteiger partial charge in [-0.3, -0.25) is 0 Å². The van der Waals surface area contributed by atoms with Crippen LogP contribution < -0.4 is 0 Å². The molecule has 0 radical (unpaired) electrons. The third-order valence-electron chi connectivity index (χ3n) is 5.24. The molecule has 0 amide bonds. The molecule has 0 saturated carbocycles. The average molecular weight is 442 g/mol. The van der Waals surface area contributed by atoms with E-state index < -0.39 is 24.6 Å². The van der Waals surface area contributed by atoms with Gasteiger partial charge in [0.1, 0.15) is 12.1 Å². The zero-order valence-corrected chi connectivity index (χ0v) is 17.6. The Balaban J connectivity index is 2.44. The van der Waals surface area contributed by atoms with Gasteiger partial charge >= 0.3 is 6.18 Å². The van der Waals surface area contributed by atoms with Gasteiger partial charge in [-0.1, -0.05) is 45.0 Å². The molecule has 3 aromatic rings. The highest BCUT2D eigenvalue weighted by molar-refractivity contribution is 6.01. The highest BCUT2D eigenvalue weighted by Crippen LogP contribution is 2.40. The molecule has 32 heavy (non-hydrogen) atoms. The third-order valence-corrected chi connectivity index (χ3v) is 5.24. The van der Waals surface area contributed by atoms with Gasteiger partial charge in [0.15, 0.2) is 0 Å². The Kier molecular flexibility index (Phi) is 5.98. The van der Waals surface area contributed by atoms with Gasteiger partial charge in [-0.15, -0.1) is 0 Å². The number of fused-ring (bicyclic) bond motifs is 1. The Bertz CT molecular complexity index is 1270. The van der Waals surface area contributed by atoms with Crippen molar-refractivity contribution in [3.8, 4) is 23.3 Å². The lowest BCUT2D eigenvalue weighted by atomic mass is 9.83. The van der Waals surface area contributed by atoms with E-state index in [0.717, 1.165) is 11.6 Å². The van der Waals surface area contributed by atoms with Gasteiger partial charge < -0.3 is 0 Å². The van der Waals surface area contributed by atoms with Crippen LogP contribution in [0.5, 0.6) is 0 Å². The molecule has 0 N–H and O–H groups in total. The first kappa shape index (κ1) is 23.2. The van der Waals surface area contributed by atoms with Gasteiger partial charge in [-0.05, 0) is 51.1 Å². The van der Waals surface area contributed by atoms with Gasteiger partial charge in [0, 0.05) is 12.0 Å². The summed E-state index contributed by atoms with van der Waals surface area (Å²) in [6, 6.07) is 13.5. The molecule has 3 aromatic carbocycles. The number of nitrogens with zero attached hydrogens (tertiary/aromatic N) is 2. The largest absolute Gasteiger partial charge is 0.416 e. The highest BCUT2D eigenvalue weighted by atomic mass is 19.4. The Morgan fingerprint density at radius 2 is 1.56 bits per heavy atom. The number of rotatable bonds is 3. The lowest BCUT2D eigenvalue weighted by Crippen LogP contribution is -2.11. The molecule has 0 bridgehead atoms. The maximum absolute atomic E-state index is 13.5. The Labute approximate surface area is 182 Å². The van der Waals surface area contributed by atoms with Gasteiger partial charge in [0.05, 0.1) is 16.7 Å². The minimum Gasteiger partial charge on any atom is -0.210 e.